The third-order valence-electron chi connectivity index (χ3n) is 4.98. The van der Waals surface area contributed by atoms with Crippen LogP contribution in [-0.4, -0.2) is 30.6 Å². The molecule has 5 nitrogen and oxygen atoms in total. The summed E-state index contributed by atoms with van der Waals surface area (Å²) < 4.78 is 9.99. The van der Waals surface area contributed by atoms with Gasteiger partial charge in [0, 0.05) is 4.90 Å². The Morgan fingerprint density at radius 3 is 2.63 bits per heavy atom. The van der Waals surface area contributed by atoms with E-state index in [1.54, 1.807) is 24.3 Å². The van der Waals surface area contributed by atoms with Gasteiger partial charge in [0.2, 0.25) is 0 Å². The lowest BCUT2D eigenvalue weighted by Gasteiger charge is -2.35. The molecule has 0 radical (unpaired) electrons. The van der Waals surface area contributed by atoms with Crippen LogP contribution in [0.2, 0.25) is 0 Å². The summed E-state index contributed by atoms with van der Waals surface area (Å²) in [4.78, 5) is 26.2. The van der Waals surface area contributed by atoms with Gasteiger partial charge in [-0.3, -0.25) is 4.79 Å². The number of allylic oxidation sites excluding steroid dienone is 2. The number of aliphatic hydroxyl groups excluding tert-OH is 1. The first-order valence-corrected chi connectivity index (χ1v) is 10.6. The predicted molar refractivity (Wildman–Crippen MR) is 116 cm³/mol. The zero-order valence-corrected chi connectivity index (χ0v) is 18.1. The van der Waals surface area contributed by atoms with E-state index in [4.69, 9.17) is 4.74 Å². The molecule has 3 rings (SSSR count). The number of methoxy groups -OCH3 is 1. The second kappa shape index (κ2) is 9.49. The van der Waals surface area contributed by atoms with Crippen molar-refractivity contribution in [2.24, 2.45) is 11.3 Å². The average molecular weight is 427 g/mol. The first kappa shape index (κ1) is 22.1. The number of esters is 1. The fraction of sp³-hybridized carbons (Fsp3) is 0.333. The molecule has 158 valence electrons. The van der Waals surface area contributed by atoms with Crippen molar-refractivity contribution in [2.45, 2.75) is 31.3 Å². The van der Waals surface area contributed by atoms with Crippen LogP contribution in [0.15, 0.2) is 70.5 Å². The number of carbonyl (C=O) groups is 2. The molecule has 1 N–H and O–H groups in total. The van der Waals surface area contributed by atoms with Crippen molar-refractivity contribution in [3.8, 4) is 5.75 Å². The Morgan fingerprint density at radius 1 is 1.20 bits per heavy atom. The van der Waals surface area contributed by atoms with Gasteiger partial charge >= 0.3 is 5.97 Å². The molecule has 0 amide bonds. The second-order valence-electron chi connectivity index (χ2n) is 7.97. The van der Waals surface area contributed by atoms with E-state index in [0.717, 1.165) is 4.90 Å². The van der Waals surface area contributed by atoms with Crippen LogP contribution in [0.25, 0.3) is 0 Å². The molecule has 6 heteroatoms. The summed E-state index contributed by atoms with van der Waals surface area (Å²) in [5, 5.41) is 11.1. The van der Waals surface area contributed by atoms with Crippen molar-refractivity contribution in [3.63, 3.8) is 0 Å². The van der Waals surface area contributed by atoms with Crippen LogP contribution in [0.5, 0.6) is 5.75 Å². The highest BCUT2D eigenvalue weighted by Crippen LogP contribution is 2.45. The molecular formula is C24H26O5S. The SMILES string of the molecule is COC(=O)COc1cccc(C(O)C2CC(C)(C)C=C(Sc3ccccc3)C2=O)c1. The van der Waals surface area contributed by atoms with Gasteiger partial charge in [0.25, 0.3) is 0 Å². The number of rotatable bonds is 7. The lowest BCUT2D eigenvalue weighted by atomic mass is 9.73. The number of ketones is 1. The number of benzene rings is 2. The number of carbonyl (C=O) groups excluding carboxylic acids is 2. The summed E-state index contributed by atoms with van der Waals surface area (Å²) in [6.07, 6.45) is 1.57. The van der Waals surface area contributed by atoms with E-state index >= 15 is 0 Å². The summed E-state index contributed by atoms with van der Waals surface area (Å²) >= 11 is 1.43. The molecule has 2 aromatic carbocycles. The molecule has 0 fully saturated rings. The van der Waals surface area contributed by atoms with E-state index in [0.29, 0.717) is 22.6 Å². The molecule has 0 heterocycles. The highest BCUT2D eigenvalue weighted by atomic mass is 32.2. The lowest BCUT2D eigenvalue weighted by Crippen LogP contribution is -2.32. The Labute approximate surface area is 181 Å². The van der Waals surface area contributed by atoms with E-state index in [-0.39, 0.29) is 17.8 Å². The summed E-state index contributed by atoms with van der Waals surface area (Å²) in [5.41, 5.74) is 0.354. The van der Waals surface area contributed by atoms with Gasteiger partial charge in [-0.25, -0.2) is 4.79 Å². The largest absolute Gasteiger partial charge is 0.482 e. The molecule has 0 bridgehead atoms. The molecule has 2 aromatic rings. The van der Waals surface area contributed by atoms with Crippen LogP contribution in [0.4, 0.5) is 0 Å². The van der Waals surface area contributed by atoms with Gasteiger partial charge in [0.05, 0.1) is 24.0 Å². The summed E-state index contributed by atoms with van der Waals surface area (Å²) in [5.74, 6) is -0.671. The number of ether oxygens (including phenoxy) is 2. The standard InChI is InChI=1S/C24H26O5S/c1-24(2)13-19(23(27)20(14-24)30-18-10-5-4-6-11-18)22(26)16-8-7-9-17(12-16)29-15-21(25)28-3/h4-12,14,19,22,26H,13,15H2,1-3H3. The number of aliphatic hydroxyl groups is 1. The molecule has 2 unspecified atom stereocenters. The van der Waals surface area contributed by atoms with Crippen LogP contribution < -0.4 is 4.74 Å². The Hall–Kier alpha value is -2.57. The number of hydrogen-bond donors (Lipinski definition) is 1. The molecule has 1 aliphatic carbocycles. The highest BCUT2D eigenvalue weighted by Gasteiger charge is 2.39. The molecular weight excluding hydrogens is 400 g/mol. The van der Waals surface area contributed by atoms with Crippen molar-refractivity contribution >= 4 is 23.5 Å². The van der Waals surface area contributed by atoms with E-state index in [1.807, 2.05) is 36.4 Å². The predicted octanol–water partition coefficient (Wildman–Crippen LogP) is 4.56. The van der Waals surface area contributed by atoms with Crippen molar-refractivity contribution in [1.29, 1.82) is 0 Å². The monoisotopic (exact) mass is 426 g/mol. The van der Waals surface area contributed by atoms with E-state index in [1.165, 1.54) is 18.9 Å². The highest BCUT2D eigenvalue weighted by molar-refractivity contribution is 8.04. The minimum Gasteiger partial charge on any atom is -0.482 e. The van der Waals surface area contributed by atoms with Gasteiger partial charge < -0.3 is 14.6 Å². The Morgan fingerprint density at radius 2 is 1.93 bits per heavy atom. The van der Waals surface area contributed by atoms with Gasteiger partial charge in [-0.05, 0) is 41.7 Å². The third-order valence-corrected chi connectivity index (χ3v) is 6.03. The van der Waals surface area contributed by atoms with E-state index < -0.39 is 18.0 Å². The first-order chi connectivity index (χ1) is 14.3. The summed E-state index contributed by atoms with van der Waals surface area (Å²) in [6.45, 7) is 3.92. The van der Waals surface area contributed by atoms with E-state index in [9.17, 15) is 14.7 Å². The van der Waals surface area contributed by atoms with Gasteiger partial charge in [0.15, 0.2) is 12.4 Å². The average Bonchev–Trinajstić information content (AvgIpc) is 2.74. The topological polar surface area (TPSA) is 72.8 Å². The van der Waals surface area contributed by atoms with Crippen molar-refractivity contribution in [3.05, 3.63) is 71.1 Å². The molecule has 30 heavy (non-hydrogen) atoms. The quantitative estimate of drug-likeness (QED) is 0.654. The fourth-order valence-electron chi connectivity index (χ4n) is 3.50. The Bertz CT molecular complexity index is 936. The Kier molecular flexibility index (Phi) is 7.00. The first-order valence-electron chi connectivity index (χ1n) is 9.77. The maximum atomic E-state index is 13.2. The van der Waals surface area contributed by atoms with E-state index in [2.05, 4.69) is 18.6 Å². The number of thioether (sulfide) groups is 1. The van der Waals surface area contributed by atoms with Gasteiger partial charge in [-0.2, -0.15) is 0 Å². The van der Waals surface area contributed by atoms with Crippen molar-refractivity contribution < 1.29 is 24.2 Å². The zero-order chi connectivity index (χ0) is 21.7. The Balaban J connectivity index is 1.80. The zero-order valence-electron chi connectivity index (χ0n) is 17.3. The van der Waals surface area contributed by atoms with Gasteiger partial charge in [0.1, 0.15) is 5.75 Å². The normalized spacial score (nSPS) is 19.0. The molecule has 0 aliphatic heterocycles. The van der Waals surface area contributed by atoms with Crippen LogP contribution in [0, 0.1) is 11.3 Å². The van der Waals surface area contributed by atoms with Crippen LogP contribution in [-0.2, 0) is 14.3 Å². The molecule has 2 atom stereocenters. The van der Waals surface area contributed by atoms with Crippen LogP contribution >= 0.6 is 11.8 Å². The minimum atomic E-state index is -0.974. The number of hydrogen-bond acceptors (Lipinski definition) is 6. The molecule has 0 spiro atoms. The van der Waals surface area contributed by atoms with Gasteiger partial charge in [-0.15, -0.1) is 0 Å². The number of Topliss-reactive ketones (excluding diaryl/α,β-unsaturated/α-hetero) is 1. The molecule has 1 aliphatic rings. The smallest absolute Gasteiger partial charge is 0.343 e. The molecule has 0 saturated carbocycles. The minimum absolute atomic E-state index is 0.0587. The second-order valence-corrected chi connectivity index (χ2v) is 9.08. The molecule has 0 aromatic heterocycles. The fourth-order valence-corrected chi connectivity index (χ4v) is 4.68. The maximum absolute atomic E-state index is 13.2. The lowest BCUT2D eigenvalue weighted by molar-refractivity contribution is -0.142. The molecule has 0 saturated heterocycles. The van der Waals surface area contributed by atoms with Crippen LogP contribution in [0.3, 0.4) is 0 Å². The van der Waals surface area contributed by atoms with Crippen molar-refractivity contribution in [2.75, 3.05) is 13.7 Å². The maximum Gasteiger partial charge on any atom is 0.343 e. The van der Waals surface area contributed by atoms with Crippen LogP contribution in [0.1, 0.15) is 31.9 Å². The van der Waals surface area contributed by atoms with Gasteiger partial charge in [-0.1, -0.05) is 62.0 Å². The summed E-state index contributed by atoms with van der Waals surface area (Å²) in [7, 11) is 1.29. The third kappa shape index (κ3) is 5.52. The summed E-state index contributed by atoms with van der Waals surface area (Å²) in [6, 6.07) is 16.6. The van der Waals surface area contributed by atoms with Crippen molar-refractivity contribution in [1.82, 2.24) is 0 Å².